The summed E-state index contributed by atoms with van der Waals surface area (Å²) in [6, 6.07) is 16.1. The van der Waals surface area contributed by atoms with Crippen LogP contribution in [0.5, 0.6) is 11.5 Å². The predicted molar refractivity (Wildman–Crippen MR) is 173 cm³/mol. The number of carboxylic acid groups (broad SMARTS) is 1. The molecule has 5 amide bonds. The van der Waals surface area contributed by atoms with E-state index in [0.717, 1.165) is 12.0 Å². The molecule has 12 nitrogen and oxygen atoms in total. The molecule has 0 bridgehead atoms. The van der Waals surface area contributed by atoms with Crippen LogP contribution in [0.15, 0.2) is 60.8 Å². The van der Waals surface area contributed by atoms with Crippen LogP contribution in [-0.2, 0) is 4.79 Å². The largest absolute Gasteiger partial charge is 0.465 e. The molecule has 7 rings (SSSR count). The van der Waals surface area contributed by atoms with Gasteiger partial charge in [0, 0.05) is 38.4 Å². The summed E-state index contributed by atoms with van der Waals surface area (Å²) in [6.45, 7) is 3.38. The first kappa shape index (κ1) is 29.5. The molecule has 0 radical (unpaired) electrons. The number of hydrogen-bond donors (Lipinski definition) is 3. The molecule has 2 saturated heterocycles. The minimum Gasteiger partial charge on any atom is -0.465 e. The van der Waals surface area contributed by atoms with E-state index in [4.69, 9.17) is 4.74 Å². The van der Waals surface area contributed by atoms with E-state index in [9.17, 15) is 24.3 Å². The molecule has 0 spiro atoms. The average molecular weight is 641 g/mol. The third kappa shape index (κ3) is 5.47. The van der Waals surface area contributed by atoms with E-state index in [1.807, 2.05) is 55.5 Å². The lowest BCUT2D eigenvalue weighted by Gasteiger charge is -2.34. The molecular formula is C33H32N6O6S. The highest BCUT2D eigenvalue weighted by Gasteiger charge is 2.37. The lowest BCUT2D eigenvalue weighted by atomic mass is 10.0. The molecule has 3 aliphatic heterocycles. The Hall–Kier alpha value is -5.17. The Labute approximate surface area is 268 Å². The van der Waals surface area contributed by atoms with Crippen molar-refractivity contribution in [2.24, 2.45) is 5.92 Å². The summed E-state index contributed by atoms with van der Waals surface area (Å²) >= 11 is 1.21. The first-order valence-electron chi connectivity index (χ1n) is 15.2. The summed E-state index contributed by atoms with van der Waals surface area (Å²) in [7, 11) is 0. The number of likely N-dealkylation sites (tertiary alicyclic amines) is 2. The minimum absolute atomic E-state index is 0.0733. The van der Waals surface area contributed by atoms with Gasteiger partial charge < -0.3 is 30.3 Å². The summed E-state index contributed by atoms with van der Waals surface area (Å²) in [5.41, 5.74) is 2.55. The van der Waals surface area contributed by atoms with Crippen molar-refractivity contribution in [1.82, 2.24) is 20.1 Å². The van der Waals surface area contributed by atoms with Crippen LogP contribution in [0.4, 0.5) is 26.7 Å². The first-order valence-corrected chi connectivity index (χ1v) is 16.0. The summed E-state index contributed by atoms with van der Waals surface area (Å²) in [6.07, 6.45) is 2.54. The van der Waals surface area contributed by atoms with Gasteiger partial charge in [0.05, 0.1) is 28.4 Å². The fourth-order valence-electron chi connectivity index (χ4n) is 6.49. The van der Waals surface area contributed by atoms with Crippen LogP contribution in [0.1, 0.15) is 34.5 Å². The van der Waals surface area contributed by atoms with Gasteiger partial charge in [0.25, 0.3) is 5.91 Å². The van der Waals surface area contributed by atoms with E-state index in [1.54, 1.807) is 22.1 Å². The molecule has 4 aromatic rings. The number of carbonyl (C=O) groups is 4. The predicted octanol–water partition coefficient (Wildman–Crippen LogP) is 5.80. The van der Waals surface area contributed by atoms with Crippen LogP contribution in [0.3, 0.4) is 0 Å². The van der Waals surface area contributed by atoms with Crippen molar-refractivity contribution in [3.8, 4) is 11.5 Å². The number of rotatable bonds is 6. The van der Waals surface area contributed by atoms with Crippen molar-refractivity contribution in [3.05, 3.63) is 71.2 Å². The maximum absolute atomic E-state index is 13.7. The van der Waals surface area contributed by atoms with E-state index in [2.05, 4.69) is 15.6 Å². The Morgan fingerprint density at radius 3 is 2.59 bits per heavy atom. The molecule has 13 heteroatoms. The number of anilines is 3. The zero-order valence-corrected chi connectivity index (χ0v) is 25.9. The molecule has 46 heavy (non-hydrogen) atoms. The van der Waals surface area contributed by atoms with Gasteiger partial charge in [0.15, 0.2) is 0 Å². The van der Waals surface area contributed by atoms with E-state index in [0.29, 0.717) is 76.1 Å². The van der Waals surface area contributed by atoms with Crippen LogP contribution in [-0.4, -0.2) is 76.0 Å². The topological polar surface area (TPSA) is 144 Å². The highest BCUT2D eigenvalue weighted by molar-refractivity contribution is 7.21. The van der Waals surface area contributed by atoms with Crippen LogP contribution in [0.2, 0.25) is 0 Å². The number of urea groups is 1. The fourth-order valence-corrected chi connectivity index (χ4v) is 7.51. The maximum Gasteiger partial charge on any atom is 0.407 e. The van der Waals surface area contributed by atoms with Crippen molar-refractivity contribution < 1.29 is 29.0 Å². The number of carbonyl (C=O) groups excluding carboxylic acids is 3. The smallest absolute Gasteiger partial charge is 0.407 e. The van der Waals surface area contributed by atoms with Gasteiger partial charge in [-0.25, -0.2) is 14.6 Å². The van der Waals surface area contributed by atoms with Crippen LogP contribution in [0.25, 0.3) is 10.2 Å². The van der Waals surface area contributed by atoms with Gasteiger partial charge in [-0.2, -0.15) is 0 Å². The molecule has 2 unspecified atom stereocenters. The normalized spacial score (nSPS) is 19.2. The van der Waals surface area contributed by atoms with E-state index >= 15 is 0 Å². The molecule has 2 aromatic heterocycles. The van der Waals surface area contributed by atoms with Gasteiger partial charge in [-0.15, -0.1) is 11.3 Å². The van der Waals surface area contributed by atoms with Crippen LogP contribution >= 0.6 is 11.3 Å². The summed E-state index contributed by atoms with van der Waals surface area (Å²) in [4.78, 5) is 61.9. The van der Waals surface area contributed by atoms with Crippen molar-refractivity contribution in [2.75, 3.05) is 36.4 Å². The standard InChI is InChI=1S/C33H32N6O6S/c1-19-16-23(45-22-7-3-2-4-8-22)9-10-24(19)39-25-11-13-34-30-26(25)27(36-32(39)42)28(46-30)29(40)35-21-6-5-14-37(18-21)31(41)20-12-15-38(17-20)33(43)44/h2-4,7-11,13,16,20-21H,5-6,12,14-15,17-18H2,1H3,(H,35,40)(H,36,42)(H,43,44). The Morgan fingerprint density at radius 2 is 1.83 bits per heavy atom. The number of nitrogens with zero attached hydrogens (tertiary/aromatic N) is 4. The highest BCUT2D eigenvalue weighted by Crippen LogP contribution is 2.46. The molecular weight excluding hydrogens is 608 g/mol. The number of pyridine rings is 1. The van der Waals surface area contributed by atoms with Gasteiger partial charge in [0.2, 0.25) is 5.91 Å². The quantitative estimate of drug-likeness (QED) is 0.242. The van der Waals surface area contributed by atoms with Crippen molar-refractivity contribution in [2.45, 2.75) is 32.2 Å². The summed E-state index contributed by atoms with van der Waals surface area (Å²) < 4.78 is 5.98. The van der Waals surface area contributed by atoms with Crippen molar-refractivity contribution in [1.29, 1.82) is 0 Å². The number of aryl methyl sites for hydroxylation is 1. The number of amides is 5. The van der Waals surface area contributed by atoms with E-state index in [-0.39, 0.29) is 30.3 Å². The molecule has 2 aromatic carbocycles. The average Bonchev–Trinajstić information content (AvgIpc) is 3.69. The first-order chi connectivity index (χ1) is 22.3. The second kappa shape index (κ2) is 12.0. The number of nitrogens with one attached hydrogen (secondary N) is 2. The molecule has 3 aliphatic rings. The third-order valence-corrected chi connectivity index (χ3v) is 9.81. The zero-order chi connectivity index (χ0) is 31.9. The molecule has 0 aliphatic carbocycles. The lowest BCUT2D eigenvalue weighted by molar-refractivity contribution is -0.136. The lowest BCUT2D eigenvalue weighted by Crippen LogP contribution is -2.51. The number of thiophene rings is 1. The number of ether oxygens (including phenoxy) is 1. The van der Waals surface area contributed by atoms with Crippen molar-refractivity contribution in [3.63, 3.8) is 0 Å². The number of aromatic nitrogens is 1. The summed E-state index contributed by atoms with van der Waals surface area (Å²) in [5, 5.41) is 16.0. The van der Waals surface area contributed by atoms with Gasteiger partial charge >= 0.3 is 12.1 Å². The number of piperidine rings is 1. The van der Waals surface area contributed by atoms with Gasteiger partial charge in [-0.1, -0.05) is 18.2 Å². The van der Waals surface area contributed by atoms with Crippen molar-refractivity contribution >= 4 is 62.6 Å². The fraction of sp³-hybridized carbons (Fsp3) is 0.303. The Bertz CT molecular complexity index is 1860. The van der Waals surface area contributed by atoms with Crippen LogP contribution in [0, 0.1) is 12.8 Å². The van der Waals surface area contributed by atoms with Crippen LogP contribution < -0.4 is 20.3 Å². The van der Waals surface area contributed by atoms with E-state index < -0.39 is 12.1 Å². The molecule has 236 valence electrons. The van der Waals surface area contributed by atoms with Gasteiger partial charge in [0.1, 0.15) is 21.2 Å². The second-order valence-electron chi connectivity index (χ2n) is 11.8. The third-order valence-electron chi connectivity index (χ3n) is 8.72. The Balaban J connectivity index is 1.10. The molecule has 2 fully saturated rings. The monoisotopic (exact) mass is 640 g/mol. The SMILES string of the molecule is Cc1cc(Oc2ccccc2)ccc1N1C(=O)Nc2c(C(=O)NC3CCCN(C(=O)C4CCN(C(=O)O)C4)C3)sc3nccc1c23. The molecule has 3 N–H and O–H groups in total. The number of hydrogen-bond acceptors (Lipinski definition) is 7. The van der Waals surface area contributed by atoms with E-state index in [1.165, 1.54) is 16.2 Å². The maximum atomic E-state index is 13.7. The second-order valence-corrected chi connectivity index (χ2v) is 12.8. The van der Waals surface area contributed by atoms with Gasteiger partial charge in [-0.05, 0) is 68.1 Å². The Morgan fingerprint density at radius 1 is 1.00 bits per heavy atom. The molecule has 2 atom stereocenters. The minimum atomic E-state index is -1.01. The number of para-hydroxylation sites is 1. The zero-order valence-electron chi connectivity index (χ0n) is 25.1. The summed E-state index contributed by atoms with van der Waals surface area (Å²) in [5.74, 6) is 0.581. The Kier molecular flexibility index (Phi) is 7.69. The molecule has 5 heterocycles. The number of benzene rings is 2. The highest BCUT2D eigenvalue weighted by atomic mass is 32.1. The van der Waals surface area contributed by atoms with Gasteiger partial charge in [-0.3, -0.25) is 14.5 Å². The molecule has 0 saturated carbocycles.